The van der Waals surface area contributed by atoms with Gasteiger partial charge in [-0.2, -0.15) is 0 Å². The number of hydrogen-bond donors (Lipinski definition) is 2. The molecule has 0 aromatic heterocycles. The van der Waals surface area contributed by atoms with Crippen LogP contribution in [-0.2, 0) is 4.79 Å². The van der Waals surface area contributed by atoms with E-state index in [-0.39, 0.29) is 18.2 Å². The lowest BCUT2D eigenvalue weighted by Gasteiger charge is -2.07. The molecule has 0 aliphatic carbocycles. The number of amides is 2. The maximum Gasteiger partial charge on any atom is 0.251 e. The average molecular weight is 347 g/mol. The molecule has 21 heavy (non-hydrogen) atoms. The standard InChI is InChI=1S/C16H15BrN2O2/c17-13-6-8-14(9-7-13)19-15(20)10-11-18-16(21)12-4-2-1-3-5-12/h1-9H,10-11H2,(H,18,21)(H,19,20). The van der Waals surface area contributed by atoms with Crippen LogP contribution in [-0.4, -0.2) is 18.4 Å². The summed E-state index contributed by atoms with van der Waals surface area (Å²) in [5.41, 5.74) is 1.32. The number of carbonyl (C=O) groups is 2. The van der Waals surface area contributed by atoms with Gasteiger partial charge in [-0.15, -0.1) is 0 Å². The second kappa shape index (κ2) is 7.59. The van der Waals surface area contributed by atoms with Crippen molar-refractivity contribution in [3.63, 3.8) is 0 Å². The Labute approximate surface area is 131 Å². The highest BCUT2D eigenvalue weighted by atomic mass is 79.9. The number of hydrogen-bond acceptors (Lipinski definition) is 2. The van der Waals surface area contributed by atoms with Crippen molar-refractivity contribution >= 4 is 33.4 Å². The van der Waals surface area contributed by atoms with Crippen molar-refractivity contribution in [1.29, 1.82) is 0 Å². The quantitative estimate of drug-likeness (QED) is 0.873. The molecule has 0 bridgehead atoms. The van der Waals surface area contributed by atoms with Crippen LogP contribution in [0.2, 0.25) is 0 Å². The van der Waals surface area contributed by atoms with Gasteiger partial charge in [0, 0.05) is 28.7 Å². The van der Waals surface area contributed by atoms with E-state index in [9.17, 15) is 9.59 Å². The zero-order chi connectivity index (χ0) is 15.1. The van der Waals surface area contributed by atoms with E-state index in [1.165, 1.54) is 0 Å². The van der Waals surface area contributed by atoms with Crippen molar-refractivity contribution in [3.8, 4) is 0 Å². The van der Waals surface area contributed by atoms with E-state index < -0.39 is 0 Å². The molecule has 0 aliphatic rings. The highest BCUT2D eigenvalue weighted by molar-refractivity contribution is 9.10. The van der Waals surface area contributed by atoms with Crippen LogP contribution < -0.4 is 10.6 Å². The summed E-state index contributed by atoms with van der Waals surface area (Å²) in [7, 11) is 0. The lowest BCUT2D eigenvalue weighted by atomic mass is 10.2. The van der Waals surface area contributed by atoms with Gasteiger partial charge in [0.25, 0.3) is 5.91 Å². The van der Waals surface area contributed by atoms with Gasteiger partial charge < -0.3 is 10.6 Å². The van der Waals surface area contributed by atoms with Crippen molar-refractivity contribution < 1.29 is 9.59 Å². The topological polar surface area (TPSA) is 58.2 Å². The molecule has 2 amide bonds. The zero-order valence-corrected chi connectivity index (χ0v) is 12.9. The Morgan fingerprint density at radius 3 is 2.29 bits per heavy atom. The lowest BCUT2D eigenvalue weighted by molar-refractivity contribution is -0.116. The SMILES string of the molecule is O=C(CCNC(=O)c1ccccc1)Nc1ccc(Br)cc1. The summed E-state index contributed by atoms with van der Waals surface area (Å²) in [6.45, 7) is 0.302. The molecule has 4 nitrogen and oxygen atoms in total. The third kappa shape index (κ3) is 5.04. The summed E-state index contributed by atoms with van der Waals surface area (Å²) in [6, 6.07) is 16.2. The van der Waals surface area contributed by atoms with E-state index in [1.807, 2.05) is 30.3 Å². The predicted octanol–water partition coefficient (Wildman–Crippen LogP) is 3.21. The van der Waals surface area contributed by atoms with Crippen LogP contribution in [0.15, 0.2) is 59.1 Å². The first-order valence-electron chi connectivity index (χ1n) is 6.54. The molecule has 2 aromatic carbocycles. The van der Waals surface area contributed by atoms with Crippen LogP contribution in [0.4, 0.5) is 5.69 Å². The minimum Gasteiger partial charge on any atom is -0.352 e. The largest absolute Gasteiger partial charge is 0.352 e. The smallest absolute Gasteiger partial charge is 0.251 e. The number of halogens is 1. The highest BCUT2D eigenvalue weighted by Gasteiger charge is 2.06. The number of nitrogens with one attached hydrogen (secondary N) is 2. The molecule has 0 heterocycles. The fraction of sp³-hybridized carbons (Fsp3) is 0.125. The van der Waals surface area contributed by atoms with Gasteiger partial charge in [0.2, 0.25) is 5.91 Å². The Bertz CT molecular complexity index is 612. The molecule has 0 aliphatic heterocycles. The first kappa shape index (κ1) is 15.3. The fourth-order valence-corrected chi connectivity index (χ4v) is 2.00. The van der Waals surface area contributed by atoms with Crippen LogP contribution in [0.3, 0.4) is 0 Å². The third-order valence-electron chi connectivity index (χ3n) is 2.80. The molecule has 5 heteroatoms. The van der Waals surface area contributed by atoms with Crippen LogP contribution in [0, 0.1) is 0 Å². The van der Waals surface area contributed by atoms with Gasteiger partial charge >= 0.3 is 0 Å². The van der Waals surface area contributed by atoms with Crippen LogP contribution in [0.25, 0.3) is 0 Å². The molecule has 0 atom stereocenters. The molecule has 0 fully saturated rings. The molecule has 2 N–H and O–H groups in total. The van der Waals surface area contributed by atoms with E-state index in [2.05, 4.69) is 26.6 Å². The monoisotopic (exact) mass is 346 g/mol. The minimum absolute atomic E-state index is 0.134. The van der Waals surface area contributed by atoms with Gasteiger partial charge in [0.15, 0.2) is 0 Å². The number of anilines is 1. The molecular weight excluding hydrogens is 332 g/mol. The first-order chi connectivity index (χ1) is 10.1. The van der Waals surface area contributed by atoms with Crippen LogP contribution in [0.5, 0.6) is 0 Å². The Balaban J connectivity index is 1.74. The van der Waals surface area contributed by atoms with E-state index in [4.69, 9.17) is 0 Å². The summed E-state index contributed by atoms with van der Waals surface area (Å²) >= 11 is 3.33. The molecule has 0 unspecified atom stereocenters. The third-order valence-corrected chi connectivity index (χ3v) is 3.33. The maximum absolute atomic E-state index is 11.8. The normalized spacial score (nSPS) is 9.95. The van der Waals surface area contributed by atoms with Crippen molar-refractivity contribution in [2.75, 3.05) is 11.9 Å². The molecule has 0 saturated carbocycles. The van der Waals surface area contributed by atoms with Crippen molar-refractivity contribution in [2.24, 2.45) is 0 Å². The van der Waals surface area contributed by atoms with Crippen LogP contribution in [0.1, 0.15) is 16.8 Å². The lowest BCUT2D eigenvalue weighted by Crippen LogP contribution is -2.27. The summed E-state index contributed by atoms with van der Waals surface area (Å²) < 4.78 is 0.954. The first-order valence-corrected chi connectivity index (χ1v) is 7.33. The van der Waals surface area contributed by atoms with Gasteiger partial charge in [-0.3, -0.25) is 9.59 Å². The Morgan fingerprint density at radius 1 is 0.952 bits per heavy atom. The zero-order valence-electron chi connectivity index (χ0n) is 11.3. The molecule has 108 valence electrons. The van der Waals surface area contributed by atoms with E-state index >= 15 is 0 Å². The van der Waals surface area contributed by atoms with Gasteiger partial charge in [-0.1, -0.05) is 34.1 Å². The second-order valence-electron chi connectivity index (χ2n) is 4.43. The van der Waals surface area contributed by atoms with Gasteiger partial charge in [0.05, 0.1) is 0 Å². The van der Waals surface area contributed by atoms with E-state index in [0.717, 1.165) is 10.2 Å². The summed E-state index contributed by atoms with van der Waals surface area (Å²) in [5.74, 6) is -0.308. The highest BCUT2D eigenvalue weighted by Crippen LogP contribution is 2.14. The van der Waals surface area contributed by atoms with Crippen LogP contribution >= 0.6 is 15.9 Å². The number of carbonyl (C=O) groups excluding carboxylic acids is 2. The molecule has 2 rings (SSSR count). The molecule has 0 radical (unpaired) electrons. The van der Waals surface area contributed by atoms with Gasteiger partial charge in [-0.05, 0) is 36.4 Å². The minimum atomic E-state index is -0.174. The Kier molecular flexibility index (Phi) is 5.51. The second-order valence-corrected chi connectivity index (χ2v) is 5.34. The van der Waals surface area contributed by atoms with Crippen molar-refractivity contribution in [2.45, 2.75) is 6.42 Å². The van der Waals surface area contributed by atoms with Crippen molar-refractivity contribution in [3.05, 3.63) is 64.6 Å². The molecule has 0 spiro atoms. The predicted molar refractivity (Wildman–Crippen MR) is 86.2 cm³/mol. The average Bonchev–Trinajstić information content (AvgIpc) is 2.50. The number of rotatable bonds is 5. The van der Waals surface area contributed by atoms with E-state index in [0.29, 0.717) is 12.1 Å². The van der Waals surface area contributed by atoms with Gasteiger partial charge in [-0.25, -0.2) is 0 Å². The van der Waals surface area contributed by atoms with Gasteiger partial charge in [0.1, 0.15) is 0 Å². The molecular formula is C16H15BrN2O2. The summed E-state index contributed by atoms with van der Waals surface area (Å²) in [5, 5.41) is 5.49. The number of benzene rings is 2. The van der Waals surface area contributed by atoms with Crippen molar-refractivity contribution in [1.82, 2.24) is 5.32 Å². The Hall–Kier alpha value is -2.14. The molecule has 0 saturated heterocycles. The van der Waals surface area contributed by atoms with E-state index in [1.54, 1.807) is 24.3 Å². The molecule has 2 aromatic rings. The summed E-state index contributed by atoms with van der Waals surface area (Å²) in [4.78, 5) is 23.5. The fourth-order valence-electron chi connectivity index (χ4n) is 1.74. The maximum atomic E-state index is 11.8. The Morgan fingerprint density at radius 2 is 1.62 bits per heavy atom. The summed E-state index contributed by atoms with van der Waals surface area (Å²) in [6.07, 6.45) is 0.231.